The first kappa shape index (κ1) is 62.6. The molecule has 6 heterocycles. The number of fused-ring (bicyclic) bond motifs is 12. The van der Waals surface area contributed by atoms with Crippen molar-refractivity contribution in [2.75, 3.05) is 40.4 Å². The summed E-state index contributed by atoms with van der Waals surface area (Å²) >= 11 is 1.66. The number of hydrogen-bond donors (Lipinski definition) is 1. The van der Waals surface area contributed by atoms with Crippen LogP contribution in [0.4, 0.5) is 108 Å². The average molecular weight is 1400 g/mol. The van der Waals surface area contributed by atoms with E-state index in [4.69, 9.17) is 9.47 Å². The van der Waals surface area contributed by atoms with E-state index in [1.807, 2.05) is 24.3 Å². The molecule has 0 aromatic heterocycles. The molecular formula is C93H60B3N9O2S. The number of para-hydroxylation sites is 8. The lowest BCUT2D eigenvalue weighted by Crippen LogP contribution is -2.65. The topological polar surface area (TPSA) is 97.5 Å². The molecule has 0 saturated heterocycles. The monoisotopic (exact) mass is 1400 g/mol. The second-order valence-corrected chi connectivity index (χ2v) is 28.6. The van der Waals surface area contributed by atoms with Crippen LogP contribution >= 0.6 is 11.9 Å². The van der Waals surface area contributed by atoms with Gasteiger partial charge in [0.25, 0.3) is 20.1 Å². The second-order valence-electron chi connectivity index (χ2n) is 27.8. The molecule has 15 aromatic rings. The normalized spacial score (nSPS) is 13.0. The van der Waals surface area contributed by atoms with Crippen LogP contribution in [0, 0.1) is 22.7 Å². The number of ether oxygens (including phenoxy) is 2. The molecule has 0 unspecified atom stereocenters. The first-order valence-electron chi connectivity index (χ1n) is 36.3. The SMILES string of the molecule is CSN1c2cc3c(cc2B2c4cc(C#N)ccc4N(c4ccccc4)c4cc(N(c5ccccc5)c5ccccc5)cc1c42)B1c2cc4c(cc2Oc2cc(N(c5ccccc5)c5ccccc5)cc(c21)O3)Nc1cc(N(c2ccccc2)c2ccccc2)cc2c1B4c1cc(C#N)ccc1N2c1ccccc1. The molecule has 0 aliphatic carbocycles. The molecule has 0 saturated carbocycles. The van der Waals surface area contributed by atoms with E-state index in [0.29, 0.717) is 34.1 Å². The fraction of sp³-hybridized carbons (Fsp3) is 0.0108. The standard InChI is InChI=1S/C93H60B3N9O2S/c1-108-105-83-57-88-78(55-76(83)95-75-47-61(59-98)43-45-82(75)104(69-40-24-9-25-41-69)85-50-71(51-86(105)92(85)95)101(64-30-14-4-15-31-64)65-32-16-5-17-33-65)96-77-54-73-79(56-87(77)106-89-52-72(53-90(107-88)93(89)96)102(66-34-18-6-19-35-66)67-36-20-7-21-37-67)99-80-48-70(100(62-26-10-2-11-27-62)63-28-12-3-13-29-63)49-84-91(80)94(73)74-46-60(58-97)42-44-81(74)103(84)68-38-22-8-23-39-68/h2-57,99H,1H3. The third kappa shape index (κ3) is 9.86. The highest BCUT2D eigenvalue weighted by Crippen LogP contribution is 2.52. The maximum Gasteiger partial charge on any atom is 0.260 e. The minimum atomic E-state index is -0.442. The third-order valence-corrected chi connectivity index (χ3v) is 22.7. The molecule has 0 spiro atoms. The largest absolute Gasteiger partial charge is 0.458 e. The lowest BCUT2D eigenvalue weighted by Gasteiger charge is -2.45. The van der Waals surface area contributed by atoms with E-state index in [-0.39, 0.29) is 13.4 Å². The Hall–Kier alpha value is -14.0. The molecule has 108 heavy (non-hydrogen) atoms. The van der Waals surface area contributed by atoms with E-state index < -0.39 is 6.71 Å². The number of nitrogens with one attached hydrogen (secondary N) is 1. The fourth-order valence-electron chi connectivity index (χ4n) is 17.5. The summed E-state index contributed by atoms with van der Waals surface area (Å²) < 4.78 is 17.7. The van der Waals surface area contributed by atoms with Crippen LogP contribution in [0.15, 0.2) is 340 Å². The van der Waals surface area contributed by atoms with E-state index in [9.17, 15) is 10.5 Å². The van der Waals surface area contributed by atoms with Crippen molar-refractivity contribution in [2.45, 2.75) is 0 Å². The number of hydrogen-bond acceptors (Lipinski definition) is 12. The Morgan fingerprint density at radius 2 is 0.657 bits per heavy atom. The van der Waals surface area contributed by atoms with Gasteiger partial charge in [0.15, 0.2) is 0 Å². The summed E-state index contributed by atoms with van der Waals surface area (Å²) in [5, 5.41) is 26.0. The number of nitrogens with zero attached hydrogens (tertiary/aromatic N) is 8. The Bertz CT molecular complexity index is 6120. The maximum atomic E-state index is 11.0. The molecule has 0 fully saturated rings. The van der Waals surface area contributed by atoms with Gasteiger partial charge in [0.05, 0.1) is 51.7 Å². The van der Waals surface area contributed by atoms with E-state index in [1.54, 1.807) is 11.9 Å². The molecule has 1 N–H and O–H groups in total. The highest BCUT2D eigenvalue weighted by Gasteiger charge is 2.50. The van der Waals surface area contributed by atoms with Crippen LogP contribution in [0.1, 0.15) is 11.1 Å². The third-order valence-electron chi connectivity index (χ3n) is 21.9. The predicted octanol–water partition coefficient (Wildman–Crippen LogP) is 18.0. The van der Waals surface area contributed by atoms with E-state index >= 15 is 0 Å². The van der Waals surface area contributed by atoms with Crippen molar-refractivity contribution in [3.05, 3.63) is 351 Å². The number of nitriles is 2. The summed E-state index contributed by atoms with van der Waals surface area (Å²) in [4.78, 5) is 11.7. The quantitative estimate of drug-likeness (QED) is 0.0932. The molecule has 0 amide bonds. The van der Waals surface area contributed by atoms with E-state index in [0.717, 1.165) is 157 Å². The fourth-order valence-corrected chi connectivity index (χ4v) is 18.2. The number of rotatable bonds is 12. The van der Waals surface area contributed by atoms with Crippen molar-refractivity contribution in [3.63, 3.8) is 0 Å². The Morgan fingerprint density at radius 3 is 1.09 bits per heavy atom. The van der Waals surface area contributed by atoms with Gasteiger partial charge in [-0.05, 0) is 213 Å². The van der Waals surface area contributed by atoms with Gasteiger partial charge in [-0.25, -0.2) is 0 Å². The van der Waals surface area contributed by atoms with Crippen LogP contribution in [0.3, 0.4) is 0 Å². The van der Waals surface area contributed by atoms with Crippen LogP contribution < -0.4 is 92.8 Å². The van der Waals surface area contributed by atoms with Crippen molar-refractivity contribution in [1.82, 2.24) is 0 Å². The van der Waals surface area contributed by atoms with Crippen molar-refractivity contribution in [2.24, 2.45) is 0 Å². The van der Waals surface area contributed by atoms with Gasteiger partial charge in [0.1, 0.15) is 23.0 Å². The summed E-state index contributed by atoms with van der Waals surface area (Å²) in [6, 6.07) is 125. The smallest absolute Gasteiger partial charge is 0.260 e. The molecule has 21 rings (SSSR count). The van der Waals surface area contributed by atoms with Gasteiger partial charge in [-0.2, -0.15) is 10.5 Å². The van der Waals surface area contributed by atoms with Crippen molar-refractivity contribution in [1.29, 1.82) is 10.5 Å². The maximum absolute atomic E-state index is 11.0. The van der Waals surface area contributed by atoms with Crippen molar-refractivity contribution in [3.8, 4) is 35.1 Å². The van der Waals surface area contributed by atoms with Gasteiger partial charge in [0.2, 0.25) is 0 Å². The molecule has 0 radical (unpaired) electrons. The predicted molar refractivity (Wildman–Crippen MR) is 448 cm³/mol. The Kier molecular flexibility index (Phi) is 14.6. The summed E-state index contributed by atoms with van der Waals surface area (Å²) in [7, 11) is 0. The minimum absolute atomic E-state index is 0.359. The second kappa shape index (κ2) is 25.1. The van der Waals surface area contributed by atoms with Crippen LogP contribution in [-0.2, 0) is 0 Å². The lowest BCUT2D eigenvalue weighted by atomic mass is 9.29. The summed E-state index contributed by atoms with van der Waals surface area (Å²) in [6.07, 6.45) is 2.16. The van der Waals surface area contributed by atoms with Crippen LogP contribution in [0.5, 0.6) is 23.0 Å². The summed E-state index contributed by atoms with van der Waals surface area (Å²) in [6.45, 7) is -1.16. The van der Waals surface area contributed by atoms with Gasteiger partial charge >= 0.3 is 0 Å². The molecule has 0 atom stereocenters. The van der Waals surface area contributed by atoms with Gasteiger partial charge in [-0.1, -0.05) is 158 Å². The first-order chi connectivity index (χ1) is 53.4. The molecular weight excluding hydrogens is 1340 g/mol. The zero-order valence-corrected chi connectivity index (χ0v) is 59.2. The molecule has 0 bridgehead atoms. The summed E-state index contributed by atoms with van der Waals surface area (Å²) in [5.41, 5.74) is 29.1. The Morgan fingerprint density at radius 1 is 0.296 bits per heavy atom. The van der Waals surface area contributed by atoms with Gasteiger partial charge in [0, 0.05) is 116 Å². The van der Waals surface area contributed by atoms with Crippen molar-refractivity contribution >= 4 is 189 Å². The van der Waals surface area contributed by atoms with E-state index in [1.165, 1.54) is 0 Å². The average Bonchev–Trinajstić information content (AvgIpc) is 0.689. The number of anilines is 19. The van der Waals surface area contributed by atoms with Gasteiger partial charge in [-0.3, -0.25) is 4.31 Å². The Labute approximate surface area is 631 Å². The zero-order chi connectivity index (χ0) is 71.7. The van der Waals surface area contributed by atoms with Crippen LogP contribution in [-0.4, -0.2) is 26.4 Å². The lowest BCUT2D eigenvalue weighted by molar-refractivity contribution is 0.465. The number of benzene rings is 15. The highest BCUT2D eigenvalue weighted by atomic mass is 32.2. The van der Waals surface area contributed by atoms with Crippen LogP contribution in [0.2, 0.25) is 0 Å². The molecule has 15 aromatic carbocycles. The summed E-state index contributed by atoms with van der Waals surface area (Å²) in [5.74, 6) is 2.77. The molecule has 6 aliphatic heterocycles. The molecule has 504 valence electrons. The Balaban J connectivity index is 0.817. The van der Waals surface area contributed by atoms with E-state index in [2.05, 4.69) is 368 Å². The molecule has 11 nitrogen and oxygen atoms in total. The minimum Gasteiger partial charge on any atom is -0.458 e. The van der Waals surface area contributed by atoms with Gasteiger partial charge in [-0.15, -0.1) is 0 Å². The zero-order valence-electron chi connectivity index (χ0n) is 58.4. The first-order valence-corrected chi connectivity index (χ1v) is 37.5. The van der Waals surface area contributed by atoms with Crippen molar-refractivity contribution < 1.29 is 9.47 Å². The van der Waals surface area contributed by atoms with Crippen LogP contribution in [0.25, 0.3) is 0 Å². The molecule has 6 aliphatic rings. The molecule has 15 heteroatoms. The highest BCUT2D eigenvalue weighted by molar-refractivity contribution is 8.00. The van der Waals surface area contributed by atoms with Gasteiger partial charge < -0.3 is 39.3 Å².